The van der Waals surface area contributed by atoms with Crippen molar-refractivity contribution in [1.82, 2.24) is 14.8 Å². The zero-order chi connectivity index (χ0) is 14.8. The highest BCUT2D eigenvalue weighted by Gasteiger charge is 2.13. The van der Waals surface area contributed by atoms with Gasteiger partial charge in [0.15, 0.2) is 10.8 Å². The predicted molar refractivity (Wildman–Crippen MR) is 85.7 cm³/mol. The molecular formula is C13H10BrN5OS. The quantitative estimate of drug-likeness (QED) is 0.700. The monoisotopic (exact) mass is 363 g/mol. The summed E-state index contributed by atoms with van der Waals surface area (Å²) in [6.45, 7) is 0. The van der Waals surface area contributed by atoms with Gasteiger partial charge in [-0.3, -0.25) is 10.1 Å². The molecule has 0 fully saturated rings. The summed E-state index contributed by atoms with van der Waals surface area (Å²) in [6, 6.07) is 8.95. The van der Waals surface area contributed by atoms with Crippen molar-refractivity contribution in [3.05, 3.63) is 52.2 Å². The fourth-order valence-corrected chi connectivity index (χ4v) is 2.85. The number of carbonyl (C=O) groups is 1. The highest BCUT2D eigenvalue weighted by molar-refractivity contribution is 9.11. The molecule has 0 aliphatic carbocycles. The third-order valence-electron chi connectivity index (χ3n) is 2.70. The molecule has 6 nitrogen and oxygen atoms in total. The van der Waals surface area contributed by atoms with Crippen LogP contribution < -0.4 is 11.1 Å². The first-order valence-electron chi connectivity index (χ1n) is 5.97. The van der Waals surface area contributed by atoms with E-state index in [4.69, 9.17) is 5.73 Å². The van der Waals surface area contributed by atoms with E-state index in [1.807, 2.05) is 18.2 Å². The Morgan fingerprint density at radius 3 is 2.86 bits per heavy atom. The first-order valence-corrected chi connectivity index (χ1v) is 7.57. The van der Waals surface area contributed by atoms with Gasteiger partial charge in [-0.25, -0.2) is 9.67 Å². The first-order chi connectivity index (χ1) is 10.1. The molecule has 0 unspecified atom stereocenters. The lowest BCUT2D eigenvalue weighted by Gasteiger charge is -2.04. The van der Waals surface area contributed by atoms with Gasteiger partial charge in [0.2, 0.25) is 0 Å². The van der Waals surface area contributed by atoms with Crippen LogP contribution in [0.25, 0.3) is 5.69 Å². The number of nitrogens with one attached hydrogen (secondary N) is 1. The maximum Gasteiger partial charge on any atom is 0.277 e. The number of rotatable bonds is 3. The normalized spacial score (nSPS) is 10.5. The van der Waals surface area contributed by atoms with Gasteiger partial charge in [-0.15, -0.1) is 0 Å². The van der Waals surface area contributed by atoms with E-state index in [1.54, 1.807) is 29.2 Å². The second kappa shape index (κ2) is 5.66. The molecule has 0 radical (unpaired) electrons. The maximum absolute atomic E-state index is 12.1. The Hall–Kier alpha value is -2.19. The van der Waals surface area contributed by atoms with Crippen molar-refractivity contribution >= 4 is 44.0 Å². The van der Waals surface area contributed by atoms with Crippen molar-refractivity contribution < 1.29 is 4.79 Å². The summed E-state index contributed by atoms with van der Waals surface area (Å²) in [6.07, 6.45) is 3.32. The number of hydrogen-bond acceptors (Lipinski definition) is 5. The lowest BCUT2D eigenvalue weighted by molar-refractivity contribution is 0.102. The Bertz CT molecular complexity index is 797. The Kier molecular flexibility index (Phi) is 3.72. The molecule has 0 aliphatic rings. The van der Waals surface area contributed by atoms with E-state index in [0.717, 1.165) is 9.47 Å². The third-order valence-corrected chi connectivity index (χ3v) is 4.09. The zero-order valence-electron chi connectivity index (χ0n) is 10.7. The number of nitrogens with zero attached hydrogens (tertiary/aromatic N) is 3. The van der Waals surface area contributed by atoms with Crippen LogP contribution >= 0.6 is 27.3 Å². The second-order valence-electron chi connectivity index (χ2n) is 4.13. The van der Waals surface area contributed by atoms with Gasteiger partial charge in [0.05, 0.1) is 21.4 Å². The molecular weight excluding hydrogens is 354 g/mol. The number of thiazole rings is 1. The van der Waals surface area contributed by atoms with Gasteiger partial charge < -0.3 is 5.73 Å². The van der Waals surface area contributed by atoms with Crippen LogP contribution in [0.5, 0.6) is 0 Å². The second-order valence-corrected chi connectivity index (χ2v) is 6.54. The lowest BCUT2D eigenvalue weighted by atomic mass is 10.3. The van der Waals surface area contributed by atoms with Crippen LogP contribution in [0.1, 0.15) is 10.5 Å². The van der Waals surface area contributed by atoms with Crippen molar-refractivity contribution in [2.24, 2.45) is 0 Å². The van der Waals surface area contributed by atoms with E-state index in [2.05, 4.69) is 31.3 Å². The average molecular weight is 364 g/mol. The van der Waals surface area contributed by atoms with Gasteiger partial charge in [0, 0.05) is 6.20 Å². The molecule has 0 aliphatic heterocycles. The fourth-order valence-electron chi connectivity index (χ4n) is 1.75. The van der Waals surface area contributed by atoms with Crippen molar-refractivity contribution in [2.45, 2.75) is 0 Å². The molecule has 2 aromatic heterocycles. The molecule has 3 rings (SSSR count). The van der Waals surface area contributed by atoms with Gasteiger partial charge in [-0.2, -0.15) is 5.10 Å². The number of hydrogen-bond donors (Lipinski definition) is 2. The molecule has 3 N–H and O–H groups in total. The van der Waals surface area contributed by atoms with Crippen LogP contribution in [0.3, 0.4) is 0 Å². The number of nitrogens with two attached hydrogens (primary N) is 1. The predicted octanol–water partition coefficient (Wildman–Crippen LogP) is 2.93. The average Bonchev–Trinajstić information content (AvgIpc) is 3.09. The van der Waals surface area contributed by atoms with Gasteiger partial charge in [0.1, 0.15) is 0 Å². The zero-order valence-corrected chi connectivity index (χ0v) is 13.1. The number of para-hydroxylation sites is 2. The Morgan fingerprint density at radius 2 is 2.14 bits per heavy atom. The standard InChI is InChI=1S/C13H10BrN5OS/c14-11-7-16-13(21-11)17-12(20)9-5-6-19(18-9)10-4-2-1-3-8(10)15/h1-7H,15H2,(H,16,17,20). The summed E-state index contributed by atoms with van der Waals surface area (Å²) in [5.74, 6) is -0.315. The van der Waals surface area contributed by atoms with E-state index in [-0.39, 0.29) is 5.91 Å². The lowest BCUT2D eigenvalue weighted by Crippen LogP contribution is -2.13. The molecule has 8 heteroatoms. The maximum atomic E-state index is 12.1. The topological polar surface area (TPSA) is 85.8 Å². The van der Waals surface area contributed by atoms with Crippen LogP contribution in [0.4, 0.5) is 10.8 Å². The summed E-state index contributed by atoms with van der Waals surface area (Å²) in [4.78, 5) is 16.1. The number of aromatic nitrogens is 3. The summed E-state index contributed by atoms with van der Waals surface area (Å²) in [7, 11) is 0. The summed E-state index contributed by atoms with van der Waals surface area (Å²) in [5.41, 5.74) is 7.51. The molecule has 1 aromatic carbocycles. The van der Waals surface area contributed by atoms with Gasteiger partial charge in [0.25, 0.3) is 5.91 Å². The summed E-state index contributed by atoms with van der Waals surface area (Å²) < 4.78 is 2.42. The molecule has 3 aromatic rings. The van der Waals surface area contributed by atoms with E-state index in [0.29, 0.717) is 16.5 Å². The van der Waals surface area contributed by atoms with Gasteiger partial charge in [-0.1, -0.05) is 23.5 Å². The summed E-state index contributed by atoms with van der Waals surface area (Å²) >= 11 is 4.63. The number of nitrogen functional groups attached to an aromatic ring is 1. The minimum Gasteiger partial charge on any atom is -0.397 e. The van der Waals surface area contributed by atoms with Crippen molar-refractivity contribution in [2.75, 3.05) is 11.1 Å². The van der Waals surface area contributed by atoms with Crippen molar-refractivity contribution in [1.29, 1.82) is 0 Å². The largest absolute Gasteiger partial charge is 0.397 e. The summed E-state index contributed by atoms with van der Waals surface area (Å²) in [5, 5.41) is 7.44. The van der Waals surface area contributed by atoms with E-state index in [1.165, 1.54) is 11.3 Å². The minimum atomic E-state index is -0.315. The molecule has 0 bridgehead atoms. The van der Waals surface area contributed by atoms with Crippen LogP contribution in [0, 0.1) is 0 Å². The van der Waals surface area contributed by atoms with Crippen molar-refractivity contribution in [3.8, 4) is 5.69 Å². The highest BCUT2D eigenvalue weighted by atomic mass is 79.9. The SMILES string of the molecule is Nc1ccccc1-n1ccc(C(=O)Nc2ncc(Br)s2)n1. The Labute approximate surface area is 132 Å². The van der Waals surface area contributed by atoms with E-state index in [9.17, 15) is 4.79 Å². The first kappa shape index (κ1) is 13.8. The van der Waals surface area contributed by atoms with Crippen LogP contribution in [-0.2, 0) is 0 Å². The number of benzene rings is 1. The smallest absolute Gasteiger partial charge is 0.277 e. The highest BCUT2D eigenvalue weighted by Crippen LogP contribution is 2.23. The minimum absolute atomic E-state index is 0.296. The van der Waals surface area contributed by atoms with Crippen LogP contribution in [0.15, 0.2) is 46.5 Å². The molecule has 1 amide bonds. The molecule has 2 heterocycles. The van der Waals surface area contributed by atoms with Crippen LogP contribution in [0.2, 0.25) is 0 Å². The van der Waals surface area contributed by atoms with E-state index < -0.39 is 0 Å². The van der Waals surface area contributed by atoms with E-state index >= 15 is 0 Å². The van der Waals surface area contributed by atoms with Gasteiger partial charge in [-0.05, 0) is 34.1 Å². The molecule has 0 spiro atoms. The number of halogens is 1. The number of anilines is 2. The molecule has 0 saturated carbocycles. The molecule has 0 atom stereocenters. The molecule has 106 valence electrons. The Balaban J connectivity index is 1.82. The number of carbonyl (C=O) groups excluding carboxylic acids is 1. The fraction of sp³-hybridized carbons (Fsp3) is 0. The number of amides is 1. The van der Waals surface area contributed by atoms with Crippen molar-refractivity contribution in [3.63, 3.8) is 0 Å². The van der Waals surface area contributed by atoms with Gasteiger partial charge >= 0.3 is 0 Å². The third kappa shape index (κ3) is 2.96. The van der Waals surface area contributed by atoms with Crippen LogP contribution in [-0.4, -0.2) is 20.7 Å². The Morgan fingerprint density at radius 1 is 1.33 bits per heavy atom. The molecule has 0 saturated heterocycles. The molecule has 21 heavy (non-hydrogen) atoms.